The van der Waals surface area contributed by atoms with Gasteiger partial charge in [-0.2, -0.15) is 4.98 Å². The summed E-state index contributed by atoms with van der Waals surface area (Å²) in [5.74, 6) is 1.58. The summed E-state index contributed by atoms with van der Waals surface area (Å²) in [6.45, 7) is 5.22. The van der Waals surface area contributed by atoms with Crippen LogP contribution < -0.4 is 10.2 Å². The van der Waals surface area contributed by atoms with Gasteiger partial charge in [0.2, 0.25) is 5.95 Å². The highest BCUT2D eigenvalue weighted by Gasteiger charge is 2.22. The van der Waals surface area contributed by atoms with Crippen LogP contribution in [-0.4, -0.2) is 16.5 Å². The fourth-order valence-electron chi connectivity index (χ4n) is 3.42. The van der Waals surface area contributed by atoms with Crippen molar-refractivity contribution in [2.45, 2.75) is 26.7 Å². The highest BCUT2D eigenvalue weighted by Crippen LogP contribution is 2.33. The Balaban J connectivity index is 1.66. The highest BCUT2D eigenvalue weighted by atomic mass is 15.3. The molecule has 25 heavy (non-hydrogen) atoms. The second-order valence-electron chi connectivity index (χ2n) is 6.36. The maximum absolute atomic E-state index is 4.77. The molecular formula is C21H22N4. The molecule has 2 aromatic carbocycles. The van der Waals surface area contributed by atoms with Crippen molar-refractivity contribution in [3.8, 4) is 0 Å². The number of hydrogen-bond acceptors (Lipinski definition) is 4. The van der Waals surface area contributed by atoms with Gasteiger partial charge in [-0.3, -0.25) is 0 Å². The van der Waals surface area contributed by atoms with Gasteiger partial charge < -0.3 is 10.2 Å². The number of aromatic nitrogens is 2. The predicted molar refractivity (Wildman–Crippen MR) is 103 cm³/mol. The van der Waals surface area contributed by atoms with Gasteiger partial charge in [-0.25, -0.2) is 4.98 Å². The van der Waals surface area contributed by atoms with E-state index in [1.807, 2.05) is 12.3 Å². The lowest BCUT2D eigenvalue weighted by atomic mass is 10.1. The number of para-hydroxylation sites is 2. The smallest absolute Gasteiger partial charge is 0.231 e. The Morgan fingerprint density at radius 3 is 2.84 bits per heavy atom. The Kier molecular flexibility index (Phi) is 4.10. The van der Waals surface area contributed by atoms with E-state index in [1.54, 1.807) is 0 Å². The van der Waals surface area contributed by atoms with Crippen LogP contribution in [0.4, 0.5) is 23.1 Å². The van der Waals surface area contributed by atoms with E-state index in [0.717, 1.165) is 36.8 Å². The molecule has 0 saturated heterocycles. The summed E-state index contributed by atoms with van der Waals surface area (Å²) in [6.07, 6.45) is 3.85. The van der Waals surface area contributed by atoms with Gasteiger partial charge in [-0.15, -0.1) is 0 Å². The molecule has 4 nitrogen and oxygen atoms in total. The maximum Gasteiger partial charge on any atom is 0.231 e. The SMILES string of the molecule is CCc1cccc(C)c1Nc1ccnc(N2CCc3ccccc32)n1. The van der Waals surface area contributed by atoms with E-state index in [0.29, 0.717) is 0 Å². The van der Waals surface area contributed by atoms with Crippen LogP contribution in [0.25, 0.3) is 0 Å². The summed E-state index contributed by atoms with van der Waals surface area (Å²) in [4.78, 5) is 11.5. The van der Waals surface area contributed by atoms with E-state index in [1.165, 1.54) is 22.4 Å². The van der Waals surface area contributed by atoms with Crippen molar-refractivity contribution in [1.29, 1.82) is 0 Å². The molecule has 0 unspecified atom stereocenters. The Hall–Kier alpha value is -2.88. The lowest BCUT2D eigenvalue weighted by Crippen LogP contribution is -2.16. The van der Waals surface area contributed by atoms with E-state index in [9.17, 15) is 0 Å². The van der Waals surface area contributed by atoms with E-state index >= 15 is 0 Å². The number of hydrogen-bond donors (Lipinski definition) is 1. The van der Waals surface area contributed by atoms with Crippen molar-refractivity contribution in [1.82, 2.24) is 9.97 Å². The van der Waals surface area contributed by atoms with E-state index in [4.69, 9.17) is 4.98 Å². The molecule has 3 aromatic rings. The van der Waals surface area contributed by atoms with Crippen molar-refractivity contribution in [3.63, 3.8) is 0 Å². The number of nitrogens with zero attached hydrogens (tertiary/aromatic N) is 3. The molecule has 1 N–H and O–H groups in total. The van der Waals surface area contributed by atoms with Gasteiger partial charge in [-0.05, 0) is 48.6 Å². The number of benzene rings is 2. The lowest BCUT2D eigenvalue weighted by Gasteiger charge is -2.18. The summed E-state index contributed by atoms with van der Waals surface area (Å²) in [5.41, 5.74) is 6.25. The van der Waals surface area contributed by atoms with Crippen molar-refractivity contribution in [3.05, 3.63) is 71.4 Å². The van der Waals surface area contributed by atoms with Crippen molar-refractivity contribution < 1.29 is 0 Å². The monoisotopic (exact) mass is 330 g/mol. The summed E-state index contributed by atoms with van der Waals surface area (Å²) in [7, 11) is 0. The normalized spacial score (nSPS) is 13.0. The zero-order valence-electron chi connectivity index (χ0n) is 14.7. The molecule has 4 rings (SSSR count). The summed E-state index contributed by atoms with van der Waals surface area (Å²) < 4.78 is 0. The van der Waals surface area contributed by atoms with Crippen LogP contribution in [-0.2, 0) is 12.8 Å². The largest absolute Gasteiger partial charge is 0.340 e. The summed E-state index contributed by atoms with van der Waals surface area (Å²) in [5, 5.41) is 3.50. The third-order valence-corrected chi connectivity index (χ3v) is 4.76. The summed E-state index contributed by atoms with van der Waals surface area (Å²) in [6, 6.07) is 16.8. The minimum absolute atomic E-state index is 0.751. The molecule has 126 valence electrons. The minimum Gasteiger partial charge on any atom is -0.340 e. The van der Waals surface area contributed by atoms with Crippen LogP contribution in [0.3, 0.4) is 0 Å². The molecule has 1 aliphatic rings. The number of rotatable bonds is 4. The first-order chi connectivity index (χ1) is 12.3. The highest BCUT2D eigenvalue weighted by molar-refractivity contribution is 5.68. The number of anilines is 4. The first-order valence-electron chi connectivity index (χ1n) is 8.80. The number of nitrogens with one attached hydrogen (secondary N) is 1. The average Bonchev–Trinajstić information content (AvgIpc) is 3.08. The first-order valence-corrected chi connectivity index (χ1v) is 8.80. The van der Waals surface area contributed by atoms with Crippen LogP contribution in [0.15, 0.2) is 54.7 Å². The van der Waals surface area contributed by atoms with Crippen LogP contribution in [0.2, 0.25) is 0 Å². The number of aryl methyl sites for hydroxylation is 2. The third kappa shape index (κ3) is 2.95. The van der Waals surface area contributed by atoms with Crippen molar-refractivity contribution >= 4 is 23.1 Å². The fourth-order valence-corrected chi connectivity index (χ4v) is 3.42. The lowest BCUT2D eigenvalue weighted by molar-refractivity contribution is 0.941. The van der Waals surface area contributed by atoms with Gasteiger partial charge in [0.1, 0.15) is 5.82 Å². The van der Waals surface area contributed by atoms with Crippen molar-refractivity contribution in [2.24, 2.45) is 0 Å². The van der Waals surface area contributed by atoms with E-state index < -0.39 is 0 Å². The molecule has 0 spiro atoms. The zero-order valence-corrected chi connectivity index (χ0v) is 14.7. The fraction of sp³-hybridized carbons (Fsp3) is 0.238. The van der Waals surface area contributed by atoms with E-state index in [-0.39, 0.29) is 0 Å². The van der Waals surface area contributed by atoms with Crippen LogP contribution in [0, 0.1) is 6.92 Å². The van der Waals surface area contributed by atoms with Crippen molar-refractivity contribution in [2.75, 3.05) is 16.8 Å². The maximum atomic E-state index is 4.77. The molecule has 0 fully saturated rings. The molecule has 1 aliphatic heterocycles. The molecule has 1 aromatic heterocycles. The van der Waals surface area contributed by atoms with Gasteiger partial charge in [0.15, 0.2) is 0 Å². The standard InChI is InChI=1S/C21H22N4/c1-3-16-9-6-7-15(2)20(16)23-19-11-13-22-21(24-19)25-14-12-17-8-4-5-10-18(17)25/h4-11,13H,3,12,14H2,1-2H3,(H,22,23,24). The molecule has 0 atom stereocenters. The molecule has 0 amide bonds. The van der Waals surface area contributed by atoms with Gasteiger partial charge in [0.25, 0.3) is 0 Å². The molecule has 4 heteroatoms. The second-order valence-corrected chi connectivity index (χ2v) is 6.36. The van der Waals surface area contributed by atoms with Crippen LogP contribution >= 0.6 is 0 Å². The molecule has 0 saturated carbocycles. The first kappa shape index (κ1) is 15.6. The zero-order chi connectivity index (χ0) is 17.2. The topological polar surface area (TPSA) is 41.1 Å². The quantitative estimate of drug-likeness (QED) is 0.747. The molecular weight excluding hydrogens is 308 g/mol. The van der Waals surface area contributed by atoms with Gasteiger partial charge in [-0.1, -0.05) is 43.3 Å². The molecule has 0 radical (unpaired) electrons. The van der Waals surface area contributed by atoms with Gasteiger partial charge in [0.05, 0.1) is 0 Å². The predicted octanol–water partition coefficient (Wildman–Crippen LogP) is 4.79. The molecule has 0 aliphatic carbocycles. The Bertz CT molecular complexity index is 904. The Labute approximate surface area is 148 Å². The number of fused-ring (bicyclic) bond motifs is 1. The minimum atomic E-state index is 0.751. The molecule has 0 bridgehead atoms. The summed E-state index contributed by atoms with van der Waals surface area (Å²) >= 11 is 0. The average molecular weight is 330 g/mol. The van der Waals surface area contributed by atoms with Gasteiger partial charge in [0, 0.05) is 24.1 Å². The van der Waals surface area contributed by atoms with Crippen LogP contribution in [0.5, 0.6) is 0 Å². The van der Waals surface area contributed by atoms with E-state index in [2.05, 4.69) is 71.5 Å². The second kappa shape index (κ2) is 6.55. The Morgan fingerprint density at radius 1 is 1.08 bits per heavy atom. The molecule has 2 heterocycles. The third-order valence-electron chi connectivity index (χ3n) is 4.76. The van der Waals surface area contributed by atoms with Crippen LogP contribution in [0.1, 0.15) is 23.6 Å². The Morgan fingerprint density at radius 2 is 1.96 bits per heavy atom. The van der Waals surface area contributed by atoms with Gasteiger partial charge >= 0.3 is 0 Å².